The van der Waals surface area contributed by atoms with Gasteiger partial charge in [-0.15, -0.1) is 37.2 Å². The van der Waals surface area contributed by atoms with E-state index in [4.69, 9.17) is 4.74 Å². The van der Waals surface area contributed by atoms with E-state index in [1.165, 1.54) is 0 Å². The van der Waals surface area contributed by atoms with Gasteiger partial charge in [-0.2, -0.15) is 0 Å². The minimum atomic E-state index is 0. The number of carbonyl (C=O) groups is 1. The standard InChI is InChI=1S/C18H30N4O2.3ClH/c1-19-9-3-4-18(23)20-16-5-7-17(8-6-16)24-15-14-22-12-10-21(2)11-13-22;;;/h5-8,19H,3-4,9-15H2,1-2H3,(H,20,23);3*1H. The Morgan fingerprint density at radius 3 is 2.30 bits per heavy atom. The van der Waals surface area contributed by atoms with Gasteiger partial charge in [-0.1, -0.05) is 0 Å². The molecule has 0 spiro atoms. The van der Waals surface area contributed by atoms with Crippen LogP contribution in [0.2, 0.25) is 0 Å². The third-order valence-corrected chi connectivity index (χ3v) is 4.24. The molecule has 0 radical (unpaired) electrons. The lowest BCUT2D eigenvalue weighted by Crippen LogP contribution is -2.45. The quantitative estimate of drug-likeness (QED) is 0.574. The largest absolute Gasteiger partial charge is 0.492 e. The lowest BCUT2D eigenvalue weighted by atomic mass is 10.2. The molecule has 1 aromatic rings. The number of likely N-dealkylation sites (N-methyl/N-ethyl adjacent to an activating group) is 1. The molecule has 1 aliphatic rings. The van der Waals surface area contributed by atoms with Crippen molar-refractivity contribution < 1.29 is 9.53 Å². The molecular formula is C18H33Cl3N4O2. The molecule has 6 nitrogen and oxygen atoms in total. The fraction of sp³-hybridized carbons (Fsp3) is 0.611. The SMILES string of the molecule is CNCCCC(=O)Nc1ccc(OCCN2CCN(C)CC2)cc1.Cl.Cl.Cl. The molecule has 1 aromatic carbocycles. The summed E-state index contributed by atoms with van der Waals surface area (Å²) in [6.07, 6.45) is 1.37. The van der Waals surface area contributed by atoms with Crippen molar-refractivity contribution in [3.63, 3.8) is 0 Å². The number of rotatable bonds is 9. The highest BCUT2D eigenvalue weighted by Gasteiger charge is 2.13. The van der Waals surface area contributed by atoms with Crippen molar-refractivity contribution in [2.45, 2.75) is 12.8 Å². The van der Waals surface area contributed by atoms with Crippen LogP contribution in [-0.2, 0) is 4.79 Å². The van der Waals surface area contributed by atoms with Crippen molar-refractivity contribution in [2.75, 3.05) is 65.3 Å². The van der Waals surface area contributed by atoms with E-state index in [2.05, 4.69) is 27.5 Å². The molecule has 1 heterocycles. The Kier molecular flexibility index (Phi) is 17.1. The van der Waals surface area contributed by atoms with Gasteiger partial charge in [-0.25, -0.2) is 0 Å². The van der Waals surface area contributed by atoms with Crippen molar-refractivity contribution >= 4 is 48.8 Å². The van der Waals surface area contributed by atoms with Crippen molar-refractivity contribution in [1.29, 1.82) is 0 Å². The smallest absolute Gasteiger partial charge is 0.224 e. The van der Waals surface area contributed by atoms with Crippen LogP contribution in [0.25, 0.3) is 0 Å². The number of nitrogens with zero attached hydrogens (tertiary/aromatic N) is 2. The van der Waals surface area contributed by atoms with E-state index >= 15 is 0 Å². The molecule has 1 fully saturated rings. The maximum atomic E-state index is 11.8. The minimum absolute atomic E-state index is 0. The van der Waals surface area contributed by atoms with Crippen LogP contribution >= 0.6 is 37.2 Å². The first kappa shape index (κ1) is 28.4. The molecular weight excluding hydrogens is 411 g/mol. The summed E-state index contributed by atoms with van der Waals surface area (Å²) in [4.78, 5) is 16.5. The lowest BCUT2D eigenvalue weighted by molar-refractivity contribution is -0.116. The van der Waals surface area contributed by atoms with Gasteiger partial charge in [0.1, 0.15) is 12.4 Å². The van der Waals surface area contributed by atoms with Crippen LogP contribution in [0.1, 0.15) is 12.8 Å². The van der Waals surface area contributed by atoms with Gasteiger partial charge >= 0.3 is 0 Å². The number of nitrogens with one attached hydrogen (secondary N) is 2. The van der Waals surface area contributed by atoms with Gasteiger partial charge in [0.2, 0.25) is 5.91 Å². The highest BCUT2D eigenvalue weighted by molar-refractivity contribution is 5.90. The number of benzene rings is 1. The maximum absolute atomic E-state index is 11.8. The van der Waals surface area contributed by atoms with Gasteiger partial charge < -0.3 is 20.3 Å². The van der Waals surface area contributed by atoms with Crippen LogP contribution in [-0.4, -0.2) is 75.7 Å². The molecule has 0 saturated carbocycles. The molecule has 0 bridgehead atoms. The topological polar surface area (TPSA) is 56.8 Å². The zero-order valence-corrected chi connectivity index (χ0v) is 18.6. The average molecular weight is 444 g/mol. The molecule has 158 valence electrons. The molecule has 0 unspecified atom stereocenters. The van der Waals surface area contributed by atoms with Crippen LogP contribution in [0.5, 0.6) is 5.75 Å². The summed E-state index contributed by atoms with van der Waals surface area (Å²) in [5.41, 5.74) is 0.816. The highest BCUT2D eigenvalue weighted by Crippen LogP contribution is 2.16. The van der Waals surface area contributed by atoms with Gasteiger partial charge in [-0.05, 0) is 51.3 Å². The van der Waals surface area contributed by atoms with E-state index in [0.717, 1.165) is 57.1 Å². The highest BCUT2D eigenvalue weighted by atomic mass is 35.5. The van der Waals surface area contributed by atoms with Crippen molar-refractivity contribution in [2.24, 2.45) is 0 Å². The maximum Gasteiger partial charge on any atom is 0.224 e. The zero-order valence-electron chi connectivity index (χ0n) is 16.1. The fourth-order valence-corrected chi connectivity index (χ4v) is 2.65. The second-order valence-electron chi connectivity index (χ2n) is 6.27. The van der Waals surface area contributed by atoms with Crippen LogP contribution in [0.15, 0.2) is 24.3 Å². The van der Waals surface area contributed by atoms with E-state index in [1.807, 2.05) is 31.3 Å². The van der Waals surface area contributed by atoms with E-state index in [9.17, 15) is 4.79 Å². The van der Waals surface area contributed by atoms with Gasteiger partial charge in [0.25, 0.3) is 0 Å². The predicted molar refractivity (Wildman–Crippen MR) is 119 cm³/mol. The van der Waals surface area contributed by atoms with Crippen LogP contribution in [0.4, 0.5) is 5.69 Å². The molecule has 0 atom stereocenters. The lowest BCUT2D eigenvalue weighted by Gasteiger charge is -2.32. The second-order valence-corrected chi connectivity index (χ2v) is 6.27. The number of ether oxygens (including phenoxy) is 1. The molecule has 1 amide bonds. The van der Waals surface area contributed by atoms with Crippen LogP contribution in [0, 0.1) is 0 Å². The Labute approximate surface area is 181 Å². The summed E-state index contributed by atoms with van der Waals surface area (Å²) in [7, 11) is 4.05. The minimum Gasteiger partial charge on any atom is -0.492 e. The molecule has 2 N–H and O–H groups in total. The third-order valence-electron chi connectivity index (χ3n) is 4.24. The fourth-order valence-electron chi connectivity index (χ4n) is 2.65. The predicted octanol–water partition coefficient (Wildman–Crippen LogP) is 2.52. The Morgan fingerprint density at radius 1 is 1.07 bits per heavy atom. The Balaban J connectivity index is 0. The molecule has 0 aliphatic carbocycles. The normalized spacial score (nSPS) is 14.3. The van der Waals surface area contributed by atoms with Gasteiger partial charge in [0.05, 0.1) is 0 Å². The summed E-state index contributed by atoms with van der Waals surface area (Å²) in [5, 5.41) is 5.94. The van der Waals surface area contributed by atoms with Crippen molar-refractivity contribution in [1.82, 2.24) is 15.1 Å². The Bertz CT molecular complexity index is 498. The monoisotopic (exact) mass is 442 g/mol. The van der Waals surface area contributed by atoms with Gasteiger partial charge in [0, 0.05) is 44.8 Å². The number of carbonyl (C=O) groups excluding carboxylic acids is 1. The molecule has 9 heteroatoms. The summed E-state index contributed by atoms with van der Waals surface area (Å²) in [6.45, 7) is 6.98. The number of amides is 1. The molecule has 1 saturated heterocycles. The number of halogens is 3. The Hall–Kier alpha value is -0.760. The molecule has 1 aliphatic heterocycles. The molecule has 27 heavy (non-hydrogen) atoms. The first-order valence-corrected chi connectivity index (χ1v) is 8.75. The van der Waals surface area contributed by atoms with Crippen molar-refractivity contribution in [3.8, 4) is 5.75 Å². The summed E-state index contributed by atoms with van der Waals surface area (Å²) in [5.74, 6) is 0.895. The molecule has 2 rings (SSSR count). The van der Waals surface area contributed by atoms with Gasteiger partial charge in [0.15, 0.2) is 0 Å². The zero-order chi connectivity index (χ0) is 17.2. The average Bonchev–Trinajstić information content (AvgIpc) is 2.58. The van der Waals surface area contributed by atoms with E-state index in [1.54, 1.807) is 0 Å². The second kappa shape index (κ2) is 16.2. The van der Waals surface area contributed by atoms with Crippen LogP contribution < -0.4 is 15.4 Å². The Morgan fingerprint density at radius 2 is 1.70 bits per heavy atom. The summed E-state index contributed by atoms with van der Waals surface area (Å²) < 4.78 is 5.80. The first-order chi connectivity index (χ1) is 11.7. The molecule has 0 aromatic heterocycles. The van der Waals surface area contributed by atoms with E-state index in [0.29, 0.717) is 13.0 Å². The number of anilines is 1. The number of hydrogen-bond acceptors (Lipinski definition) is 5. The summed E-state index contributed by atoms with van der Waals surface area (Å²) >= 11 is 0. The van der Waals surface area contributed by atoms with Gasteiger partial charge in [-0.3, -0.25) is 9.69 Å². The third kappa shape index (κ3) is 11.6. The number of hydrogen-bond donors (Lipinski definition) is 2. The summed E-state index contributed by atoms with van der Waals surface area (Å²) in [6, 6.07) is 7.60. The van der Waals surface area contributed by atoms with E-state index < -0.39 is 0 Å². The van der Waals surface area contributed by atoms with E-state index in [-0.39, 0.29) is 43.1 Å². The number of piperazine rings is 1. The van der Waals surface area contributed by atoms with Crippen molar-refractivity contribution in [3.05, 3.63) is 24.3 Å². The first-order valence-electron chi connectivity index (χ1n) is 8.75. The van der Waals surface area contributed by atoms with Crippen LogP contribution in [0.3, 0.4) is 0 Å².